The second-order valence-corrected chi connectivity index (χ2v) is 5.18. The van der Waals surface area contributed by atoms with Crippen molar-refractivity contribution in [3.05, 3.63) is 29.8 Å². The number of nitrogens with zero attached hydrogens (tertiary/aromatic N) is 3. The van der Waals surface area contributed by atoms with E-state index in [-0.39, 0.29) is 11.7 Å². The third kappa shape index (κ3) is 3.88. The molecule has 0 aliphatic rings. The molecule has 0 radical (unpaired) electrons. The zero-order valence-corrected chi connectivity index (χ0v) is 12.3. The van der Waals surface area contributed by atoms with E-state index in [1.54, 1.807) is 11.7 Å². The van der Waals surface area contributed by atoms with Gasteiger partial charge in [-0.25, -0.2) is 0 Å². The Kier molecular flexibility index (Phi) is 5.04. The van der Waals surface area contributed by atoms with Gasteiger partial charge in [-0.15, -0.1) is 10.2 Å². The Morgan fingerprint density at radius 3 is 2.90 bits per heavy atom. The minimum Gasteiger partial charge on any atom is -0.496 e. The molecule has 0 aliphatic heterocycles. The normalized spacial score (nSPS) is 10.5. The van der Waals surface area contributed by atoms with Gasteiger partial charge in [0.2, 0.25) is 5.95 Å². The van der Waals surface area contributed by atoms with Gasteiger partial charge < -0.3 is 15.6 Å². The van der Waals surface area contributed by atoms with Crippen LogP contribution < -0.4 is 10.5 Å². The maximum Gasteiger partial charge on any atom is 0.313 e. The van der Waals surface area contributed by atoms with E-state index in [9.17, 15) is 4.79 Å². The molecule has 8 heteroatoms. The fourth-order valence-electron chi connectivity index (χ4n) is 1.88. The molecule has 21 heavy (non-hydrogen) atoms. The first-order valence-corrected chi connectivity index (χ1v) is 7.25. The second-order valence-electron chi connectivity index (χ2n) is 4.24. The Labute approximate surface area is 126 Å². The summed E-state index contributed by atoms with van der Waals surface area (Å²) in [5.74, 6) is 0.104. The maximum atomic E-state index is 10.6. The Morgan fingerprint density at radius 1 is 1.43 bits per heavy atom. The fraction of sp³-hybridized carbons (Fsp3) is 0.308. The van der Waals surface area contributed by atoms with Gasteiger partial charge in [0.1, 0.15) is 5.75 Å². The van der Waals surface area contributed by atoms with E-state index in [2.05, 4.69) is 10.2 Å². The number of rotatable bonds is 7. The summed E-state index contributed by atoms with van der Waals surface area (Å²) in [5, 5.41) is 16.9. The average Bonchev–Trinajstić information content (AvgIpc) is 2.83. The summed E-state index contributed by atoms with van der Waals surface area (Å²) in [4.78, 5) is 10.6. The van der Waals surface area contributed by atoms with Gasteiger partial charge in [0.15, 0.2) is 5.16 Å². The number of para-hydroxylation sites is 1. The average molecular weight is 308 g/mol. The van der Waals surface area contributed by atoms with Gasteiger partial charge in [0.05, 0.1) is 12.9 Å². The van der Waals surface area contributed by atoms with Gasteiger partial charge >= 0.3 is 5.97 Å². The van der Waals surface area contributed by atoms with Gasteiger partial charge in [-0.2, -0.15) is 0 Å². The predicted molar refractivity (Wildman–Crippen MR) is 79.5 cm³/mol. The summed E-state index contributed by atoms with van der Waals surface area (Å²) in [6.07, 6.45) is 0.687. The number of hydrogen-bond donors (Lipinski definition) is 2. The van der Waals surface area contributed by atoms with E-state index in [4.69, 9.17) is 15.6 Å². The number of benzene rings is 1. The van der Waals surface area contributed by atoms with Crippen molar-refractivity contribution < 1.29 is 14.6 Å². The highest BCUT2D eigenvalue weighted by molar-refractivity contribution is 7.99. The minimum absolute atomic E-state index is 0.0766. The van der Waals surface area contributed by atoms with Gasteiger partial charge in [-0.05, 0) is 18.1 Å². The SMILES string of the molecule is COc1ccccc1CCn1c(N)nnc1SCC(=O)O. The highest BCUT2D eigenvalue weighted by Gasteiger charge is 2.12. The molecule has 0 saturated heterocycles. The smallest absolute Gasteiger partial charge is 0.313 e. The van der Waals surface area contributed by atoms with Crippen LogP contribution in [0.15, 0.2) is 29.4 Å². The molecule has 2 aromatic rings. The molecule has 0 saturated carbocycles. The van der Waals surface area contributed by atoms with E-state index in [1.165, 1.54) is 0 Å². The summed E-state index contributed by atoms with van der Waals surface area (Å²) >= 11 is 1.10. The van der Waals surface area contributed by atoms with Gasteiger partial charge in [0.25, 0.3) is 0 Å². The van der Waals surface area contributed by atoms with Gasteiger partial charge in [-0.3, -0.25) is 9.36 Å². The zero-order valence-electron chi connectivity index (χ0n) is 11.5. The summed E-state index contributed by atoms with van der Waals surface area (Å²) in [7, 11) is 1.63. The lowest BCUT2D eigenvalue weighted by Crippen LogP contribution is -2.09. The first-order valence-electron chi connectivity index (χ1n) is 6.27. The van der Waals surface area contributed by atoms with Crippen molar-refractivity contribution in [2.24, 2.45) is 0 Å². The highest BCUT2D eigenvalue weighted by Crippen LogP contribution is 2.22. The molecule has 1 aromatic heterocycles. The molecule has 0 spiro atoms. The summed E-state index contributed by atoms with van der Waals surface area (Å²) in [5.41, 5.74) is 6.82. The van der Waals surface area contributed by atoms with E-state index in [0.717, 1.165) is 23.1 Å². The number of carboxylic acids is 1. The topological polar surface area (TPSA) is 103 Å². The predicted octanol–water partition coefficient (Wildman–Crippen LogP) is 1.29. The zero-order chi connectivity index (χ0) is 15.2. The summed E-state index contributed by atoms with van der Waals surface area (Å²) in [6, 6.07) is 7.71. The number of nitrogen functional groups attached to an aromatic ring is 1. The Balaban J connectivity index is 2.09. The first kappa shape index (κ1) is 15.2. The van der Waals surface area contributed by atoms with Crippen molar-refractivity contribution in [1.29, 1.82) is 0 Å². The van der Waals surface area contributed by atoms with Crippen LogP contribution in [-0.4, -0.2) is 38.7 Å². The van der Waals surface area contributed by atoms with Crippen molar-refractivity contribution in [2.45, 2.75) is 18.1 Å². The van der Waals surface area contributed by atoms with Crippen LogP contribution in [0.5, 0.6) is 5.75 Å². The summed E-state index contributed by atoms with van der Waals surface area (Å²) < 4.78 is 7.01. The van der Waals surface area contributed by atoms with Crippen molar-refractivity contribution >= 4 is 23.7 Å². The molecular formula is C13H16N4O3S. The van der Waals surface area contributed by atoms with Crippen LogP contribution in [-0.2, 0) is 17.8 Å². The number of thioether (sulfide) groups is 1. The van der Waals surface area contributed by atoms with Crippen LogP contribution in [0.2, 0.25) is 0 Å². The molecule has 0 atom stereocenters. The van der Waals surface area contributed by atoms with Crippen LogP contribution in [0.4, 0.5) is 5.95 Å². The highest BCUT2D eigenvalue weighted by atomic mass is 32.2. The molecule has 0 fully saturated rings. The van der Waals surface area contributed by atoms with Crippen LogP contribution in [0.1, 0.15) is 5.56 Å². The molecule has 3 N–H and O–H groups in total. The number of hydrogen-bond acceptors (Lipinski definition) is 6. The molecular weight excluding hydrogens is 292 g/mol. The number of methoxy groups -OCH3 is 1. The monoisotopic (exact) mass is 308 g/mol. The summed E-state index contributed by atoms with van der Waals surface area (Å²) in [6.45, 7) is 0.557. The van der Waals surface area contributed by atoms with E-state index < -0.39 is 5.97 Å². The molecule has 1 aromatic carbocycles. The Bertz CT molecular complexity index is 630. The molecule has 2 rings (SSSR count). The molecule has 0 aliphatic carbocycles. The number of aromatic nitrogens is 3. The molecule has 0 unspecified atom stereocenters. The lowest BCUT2D eigenvalue weighted by molar-refractivity contribution is -0.133. The van der Waals surface area contributed by atoms with Crippen LogP contribution in [0, 0.1) is 0 Å². The van der Waals surface area contributed by atoms with Crippen molar-refractivity contribution in [2.75, 3.05) is 18.6 Å². The lowest BCUT2D eigenvalue weighted by atomic mass is 10.1. The Morgan fingerprint density at radius 2 is 2.19 bits per heavy atom. The Hall–Kier alpha value is -2.22. The molecule has 0 bridgehead atoms. The molecule has 112 valence electrons. The quantitative estimate of drug-likeness (QED) is 0.743. The molecule has 7 nitrogen and oxygen atoms in total. The third-order valence-electron chi connectivity index (χ3n) is 2.87. The number of aryl methyl sites for hydroxylation is 1. The van der Waals surface area contributed by atoms with E-state index in [1.807, 2.05) is 24.3 Å². The number of aliphatic carboxylic acids is 1. The van der Waals surface area contributed by atoms with Gasteiger partial charge in [-0.1, -0.05) is 30.0 Å². The molecule has 1 heterocycles. The van der Waals surface area contributed by atoms with Crippen LogP contribution >= 0.6 is 11.8 Å². The third-order valence-corrected chi connectivity index (χ3v) is 3.82. The maximum absolute atomic E-state index is 10.6. The standard InChI is InChI=1S/C13H16N4O3S/c1-20-10-5-3-2-4-9(10)6-7-17-12(14)15-16-13(17)21-8-11(18)19/h2-5H,6-8H2,1H3,(H2,14,15)(H,18,19). The van der Waals surface area contributed by atoms with E-state index in [0.29, 0.717) is 18.1 Å². The largest absolute Gasteiger partial charge is 0.496 e. The fourth-order valence-corrected chi connectivity index (χ4v) is 2.58. The van der Waals surface area contributed by atoms with Crippen molar-refractivity contribution in [3.8, 4) is 5.75 Å². The number of anilines is 1. The number of ether oxygens (including phenoxy) is 1. The number of carboxylic acid groups (broad SMARTS) is 1. The van der Waals surface area contributed by atoms with Crippen molar-refractivity contribution in [3.63, 3.8) is 0 Å². The second kappa shape index (κ2) is 6.98. The first-order chi connectivity index (χ1) is 10.1. The molecule has 0 amide bonds. The number of carbonyl (C=O) groups is 1. The minimum atomic E-state index is -0.905. The number of nitrogens with two attached hydrogens (primary N) is 1. The lowest BCUT2D eigenvalue weighted by Gasteiger charge is -2.10. The van der Waals surface area contributed by atoms with Crippen LogP contribution in [0.25, 0.3) is 0 Å². The van der Waals surface area contributed by atoms with Crippen LogP contribution in [0.3, 0.4) is 0 Å². The van der Waals surface area contributed by atoms with Gasteiger partial charge in [0, 0.05) is 6.54 Å². The van der Waals surface area contributed by atoms with Crippen molar-refractivity contribution in [1.82, 2.24) is 14.8 Å². The van der Waals surface area contributed by atoms with E-state index >= 15 is 0 Å².